The van der Waals surface area contributed by atoms with Gasteiger partial charge in [-0.05, 0) is 30.7 Å². The minimum Gasteiger partial charge on any atom is -0.421 e. The summed E-state index contributed by atoms with van der Waals surface area (Å²) in [7, 11) is 1.60. The zero-order valence-electron chi connectivity index (χ0n) is 17.8. The predicted molar refractivity (Wildman–Crippen MR) is 118 cm³/mol. The van der Waals surface area contributed by atoms with E-state index in [0.717, 1.165) is 12.1 Å². The summed E-state index contributed by atoms with van der Waals surface area (Å²) in [6, 6.07) is 12.2. The molecule has 0 saturated carbocycles. The van der Waals surface area contributed by atoms with Crippen LogP contribution in [0, 0.1) is 24.4 Å². The number of benzene rings is 2. The Balaban J connectivity index is 1.72. The van der Waals surface area contributed by atoms with E-state index in [1.807, 2.05) is 0 Å². The van der Waals surface area contributed by atoms with Gasteiger partial charge < -0.3 is 14.6 Å². The van der Waals surface area contributed by atoms with Crippen LogP contribution in [0.3, 0.4) is 0 Å². The predicted octanol–water partition coefficient (Wildman–Crippen LogP) is 4.97. The summed E-state index contributed by atoms with van der Waals surface area (Å²) in [5.41, 5.74) is 1.56. The number of para-hydroxylation sites is 1. The van der Waals surface area contributed by atoms with Crippen LogP contribution in [0.25, 0.3) is 11.3 Å². The summed E-state index contributed by atoms with van der Waals surface area (Å²) in [5.74, 6) is -1.71. The van der Waals surface area contributed by atoms with Crippen LogP contribution in [-0.4, -0.2) is 14.5 Å². The molecule has 0 atom stereocenters. The Bertz CT molecular complexity index is 1370. The number of hydrogen-bond acceptors (Lipinski definition) is 5. The summed E-state index contributed by atoms with van der Waals surface area (Å²) in [6.07, 6.45) is 1.59. The average Bonchev–Trinajstić information content (AvgIpc) is 2.77. The van der Waals surface area contributed by atoms with Crippen LogP contribution in [0.1, 0.15) is 11.1 Å². The SMILES string of the molecule is Cc1cccc(F)c1Oc1nc(NCc2ccc(F)cc2F)cc(-c2ccc(=O)n(C)c2)n1. The van der Waals surface area contributed by atoms with Crippen LogP contribution in [-0.2, 0) is 13.6 Å². The molecule has 4 aromatic rings. The molecule has 4 rings (SSSR count). The second-order valence-corrected chi connectivity index (χ2v) is 7.37. The Morgan fingerprint density at radius 1 is 1.00 bits per heavy atom. The lowest BCUT2D eigenvalue weighted by atomic mass is 10.2. The molecule has 1 N–H and O–H groups in total. The fraction of sp³-hybridized carbons (Fsp3) is 0.125. The molecule has 0 amide bonds. The quantitative estimate of drug-likeness (QED) is 0.447. The summed E-state index contributed by atoms with van der Waals surface area (Å²) >= 11 is 0. The molecule has 33 heavy (non-hydrogen) atoms. The first kappa shape index (κ1) is 22.1. The fourth-order valence-electron chi connectivity index (χ4n) is 3.14. The Morgan fingerprint density at radius 3 is 2.55 bits per heavy atom. The molecule has 0 unspecified atom stereocenters. The minimum atomic E-state index is -0.701. The summed E-state index contributed by atoms with van der Waals surface area (Å²) < 4.78 is 48.6. The lowest BCUT2D eigenvalue weighted by molar-refractivity contribution is 0.409. The van der Waals surface area contributed by atoms with Gasteiger partial charge in [-0.3, -0.25) is 4.79 Å². The van der Waals surface area contributed by atoms with Gasteiger partial charge in [0.25, 0.3) is 0 Å². The number of ether oxygens (including phenoxy) is 1. The van der Waals surface area contributed by atoms with Gasteiger partial charge in [0, 0.05) is 49.1 Å². The number of nitrogens with zero attached hydrogens (tertiary/aromatic N) is 3. The zero-order valence-corrected chi connectivity index (χ0v) is 17.8. The Labute approximate surface area is 187 Å². The first-order chi connectivity index (χ1) is 15.8. The standard InChI is InChI=1S/C24H19F3N4O2/c1-14-4-3-5-18(26)23(14)33-24-29-20(16-7-9-22(32)31(2)13-16)11-21(30-24)28-12-15-6-8-17(25)10-19(15)27/h3-11,13H,12H2,1-2H3,(H,28,29,30). The number of aromatic nitrogens is 3. The van der Waals surface area contributed by atoms with Crippen molar-refractivity contribution < 1.29 is 17.9 Å². The fourth-order valence-corrected chi connectivity index (χ4v) is 3.14. The molecular weight excluding hydrogens is 433 g/mol. The van der Waals surface area contributed by atoms with E-state index in [-0.39, 0.29) is 35.2 Å². The van der Waals surface area contributed by atoms with Crippen molar-refractivity contribution in [2.45, 2.75) is 13.5 Å². The van der Waals surface area contributed by atoms with Gasteiger partial charge in [0.2, 0.25) is 5.56 Å². The Kier molecular flexibility index (Phi) is 6.12. The number of rotatable bonds is 6. The monoisotopic (exact) mass is 452 g/mol. The highest BCUT2D eigenvalue weighted by molar-refractivity contribution is 5.62. The van der Waals surface area contributed by atoms with E-state index < -0.39 is 17.5 Å². The third-order valence-electron chi connectivity index (χ3n) is 4.92. The molecule has 0 spiro atoms. The van der Waals surface area contributed by atoms with Crippen molar-refractivity contribution in [2.75, 3.05) is 5.32 Å². The lowest BCUT2D eigenvalue weighted by Gasteiger charge is -2.13. The molecule has 0 bridgehead atoms. The van der Waals surface area contributed by atoms with Crippen LogP contribution < -0.4 is 15.6 Å². The van der Waals surface area contributed by atoms with E-state index >= 15 is 0 Å². The van der Waals surface area contributed by atoms with E-state index in [9.17, 15) is 18.0 Å². The number of halogens is 3. The first-order valence-corrected chi connectivity index (χ1v) is 9.97. The maximum Gasteiger partial charge on any atom is 0.324 e. The van der Waals surface area contributed by atoms with E-state index in [0.29, 0.717) is 16.8 Å². The maximum atomic E-state index is 14.3. The highest BCUT2D eigenvalue weighted by Gasteiger charge is 2.14. The topological polar surface area (TPSA) is 69.0 Å². The van der Waals surface area contributed by atoms with Gasteiger partial charge >= 0.3 is 6.01 Å². The second kappa shape index (κ2) is 9.15. The lowest BCUT2D eigenvalue weighted by Crippen LogP contribution is -2.14. The van der Waals surface area contributed by atoms with E-state index in [4.69, 9.17) is 4.74 Å². The van der Waals surface area contributed by atoms with Gasteiger partial charge in [0.05, 0.1) is 5.69 Å². The highest BCUT2D eigenvalue weighted by Crippen LogP contribution is 2.29. The summed E-state index contributed by atoms with van der Waals surface area (Å²) in [4.78, 5) is 20.4. The molecule has 168 valence electrons. The third-order valence-corrected chi connectivity index (χ3v) is 4.92. The van der Waals surface area contributed by atoms with Gasteiger partial charge in [-0.1, -0.05) is 18.2 Å². The largest absolute Gasteiger partial charge is 0.421 e. The molecule has 9 heteroatoms. The zero-order chi connectivity index (χ0) is 23.5. The number of pyridine rings is 1. The van der Waals surface area contributed by atoms with Crippen molar-refractivity contribution in [3.8, 4) is 23.0 Å². The van der Waals surface area contributed by atoms with Crippen molar-refractivity contribution in [1.29, 1.82) is 0 Å². The van der Waals surface area contributed by atoms with Crippen molar-refractivity contribution in [1.82, 2.24) is 14.5 Å². The first-order valence-electron chi connectivity index (χ1n) is 9.97. The van der Waals surface area contributed by atoms with Crippen LogP contribution in [0.2, 0.25) is 0 Å². The third kappa shape index (κ3) is 5.03. The Hall–Kier alpha value is -4.14. The van der Waals surface area contributed by atoms with Crippen LogP contribution in [0.4, 0.5) is 19.0 Å². The molecule has 0 saturated heterocycles. The van der Waals surface area contributed by atoms with Crippen LogP contribution >= 0.6 is 0 Å². The van der Waals surface area contributed by atoms with Crippen LogP contribution in [0.5, 0.6) is 11.8 Å². The summed E-state index contributed by atoms with van der Waals surface area (Å²) in [6.45, 7) is 1.69. The Morgan fingerprint density at radius 2 is 1.82 bits per heavy atom. The summed E-state index contributed by atoms with van der Waals surface area (Å²) in [5, 5.41) is 2.96. The van der Waals surface area contributed by atoms with Gasteiger partial charge in [0.15, 0.2) is 11.6 Å². The molecule has 0 fully saturated rings. The number of anilines is 1. The smallest absolute Gasteiger partial charge is 0.324 e. The van der Waals surface area contributed by atoms with E-state index in [2.05, 4.69) is 15.3 Å². The maximum absolute atomic E-state index is 14.3. The number of aryl methyl sites for hydroxylation is 2. The van der Waals surface area contributed by atoms with Crippen LogP contribution in [0.15, 0.2) is 65.6 Å². The average molecular weight is 452 g/mol. The second-order valence-electron chi connectivity index (χ2n) is 7.37. The molecule has 6 nitrogen and oxygen atoms in total. The molecule has 0 aliphatic heterocycles. The molecule has 0 aliphatic carbocycles. The number of hydrogen-bond donors (Lipinski definition) is 1. The number of nitrogens with one attached hydrogen (secondary N) is 1. The normalized spacial score (nSPS) is 10.8. The molecule has 0 aliphatic rings. The van der Waals surface area contributed by atoms with E-state index in [1.165, 1.54) is 22.8 Å². The molecule has 2 aromatic heterocycles. The molecule has 2 heterocycles. The van der Waals surface area contributed by atoms with Gasteiger partial charge in [0.1, 0.15) is 17.5 Å². The highest BCUT2D eigenvalue weighted by atomic mass is 19.1. The van der Waals surface area contributed by atoms with Gasteiger partial charge in [-0.15, -0.1) is 0 Å². The minimum absolute atomic E-state index is 0.00794. The van der Waals surface area contributed by atoms with Gasteiger partial charge in [-0.25, -0.2) is 13.2 Å². The molecule has 0 radical (unpaired) electrons. The van der Waals surface area contributed by atoms with Crippen molar-refractivity contribution in [2.24, 2.45) is 7.05 Å². The van der Waals surface area contributed by atoms with Crippen molar-refractivity contribution in [3.63, 3.8) is 0 Å². The van der Waals surface area contributed by atoms with Crippen molar-refractivity contribution >= 4 is 5.82 Å². The van der Waals surface area contributed by atoms with Gasteiger partial charge in [-0.2, -0.15) is 9.97 Å². The molecular formula is C24H19F3N4O2. The van der Waals surface area contributed by atoms with E-state index in [1.54, 1.807) is 44.4 Å². The molecule has 2 aromatic carbocycles. The van der Waals surface area contributed by atoms with Crippen molar-refractivity contribution in [3.05, 3.63) is 99.7 Å².